The van der Waals surface area contributed by atoms with Crippen molar-refractivity contribution in [2.24, 2.45) is 0 Å². The summed E-state index contributed by atoms with van der Waals surface area (Å²) < 4.78 is 16.7. The van der Waals surface area contributed by atoms with E-state index < -0.39 is 6.10 Å². The predicted molar refractivity (Wildman–Crippen MR) is 284 cm³/mol. The Hall–Kier alpha value is -2.37. The average Bonchev–Trinajstić information content (AvgIpc) is 3.31. The van der Waals surface area contributed by atoms with Gasteiger partial charge in [-0.3, -0.25) is 14.4 Å². The number of hydrogen-bond donors (Lipinski definition) is 0. The van der Waals surface area contributed by atoms with Crippen molar-refractivity contribution < 1.29 is 28.6 Å². The van der Waals surface area contributed by atoms with Gasteiger partial charge in [-0.2, -0.15) is 0 Å². The number of esters is 3. The van der Waals surface area contributed by atoms with E-state index in [1.54, 1.807) is 0 Å². The maximum absolute atomic E-state index is 12.7. The van der Waals surface area contributed by atoms with Crippen molar-refractivity contribution in [3.63, 3.8) is 0 Å². The Morgan fingerprint density at radius 1 is 0.303 bits per heavy atom. The first-order valence-electron chi connectivity index (χ1n) is 29.0. The van der Waals surface area contributed by atoms with Gasteiger partial charge in [-0.05, 0) is 70.6 Å². The van der Waals surface area contributed by atoms with Crippen LogP contribution in [0.2, 0.25) is 0 Å². The van der Waals surface area contributed by atoms with E-state index in [1.807, 2.05) is 0 Å². The second kappa shape index (κ2) is 55.2. The summed E-state index contributed by atoms with van der Waals surface area (Å²) in [6.45, 7) is 6.53. The third-order valence-electron chi connectivity index (χ3n) is 12.8. The van der Waals surface area contributed by atoms with E-state index in [2.05, 4.69) is 57.2 Å². The molecule has 0 aromatic rings. The van der Waals surface area contributed by atoms with E-state index in [-0.39, 0.29) is 31.1 Å². The quantitative estimate of drug-likeness (QED) is 0.0262. The molecule has 386 valence electrons. The molecule has 0 fully saturated rings. The second-order valence-corrected chi connectivity index (χ2v) is 19.6. The Kier molecular flexibility index (Phi) is 53.2. The van der Waals surface area contributed by atoms with Gasteiger partial charge in [-0.15, -0.1) is 0 Å². The van der Waals surface area contributed by atoms with Gasteiger partial charge < -0.3 is 14.2 Å². The van der Waals surface area contributed by atoms with Gasteiger partial charge in [0.2, 0.25) is 0 Å². The zero-order valence-electron chi connectivity index (χ0n) is 44.2. The molecular weight excluding hydrogens is 817 g/mol. The molecule has 0 saturated carbocycles. The molecule has 0 spiro atoms. The van der Waals surface area contributed by atoms with Gasteiger partial charge in [-0.25, -0.2) is 0 Å². The van der Waals surface area contributed by atoms with Crippen molar-refractivity contribution in [3.8, 4) is 0 Å². The van der Waals surface area contributed by atoms with Crippen molar-refractivity contribution in [1.29, 1.82) is 0 Å². The van der Waals surface area contributed by atoms with Crippen LogP contribution < -0.4 is 0 Å². The molecule has 0 aliphatic rings. The lowest BCUT2D eigenvalue weighted by Gasteiger charge is -2.18. The minimum absolute atomic E-state index is 0.0749. The van der Waals surface area contributed by atoms with Crippen LogP contribution in [0.5, 0.6) is 0 Å². The second-order valence-electron chi connectivity index (χ2n) is 19.6. The van der Waals surface area contributed by atoms with Gasteiger partial charge in [0.1, 0.15) is 13.2 Å². The standard InChI is InChI=1S/C60H110O6/c1-4-7-10-13-16-18-20-22-23-24-25-26-27-28-29-30-31-32-33-34-35-36-37-39-40-42-44-47-50-53-59(62)65-56-57(55-64-58(61)52-49-46-15-12-9-6-3)66-60(63)54-51-48-45-43-41-38-21-19-17-14-11-8-5-2/h11,14,19,21,24-25,57H,4-10,12-13,15-18,20,22-23,26-56H2,1-3H3/b14-11-,21-19-,25-24-. The lowest BCUT2D eigenvalue weighted by Crippen LogP contribution is -2.30. The number of carbonyl (C=O) groups excluding carboxylic acids is 3. The molecule has 0 aliphatic heterocycles. The Labute approximate surface area is 410 Å². The zero-order chi connectivity index (χ0) is 47.9. The fourth-order valence-electron chi connectivity index (χ4n) is 8.48. The summed E-state index contributed by atoms with van der Waals surface area (Å²) >= 11 is 0. The molecule has 0 saturated heterocycles. The summed E-state index contributed by atoms with van der Waals surface area (Å²) in [7, 11) is 0. The van der Waals surface area contributed by atoms with Crippen molar-refractivity contribution >= 4 is 17.9 Å². The molecule has 1 atom stereocenters. The van der Waals surface area contributed by atoms with Crippen molar-refractivity contribution in [1.82, 2.24) is 0 Å². The largest absolute Gasteiger partial charge is 0.462 e. The van der Waals surface area contributed by atoms with E-state index in [4.69, 9.17) is 14.2 Å². The smallest absolute Gasteiger partial charge is 0.306 e. The molecule has 0 aromatic carbocycles. The summed E-state index contributed by atoms with van der Waals surface area (Å²) in [5.41, 5.74) is 0. The van der Waals surface area contributed by atoms with Crippen molar-refractivity contribution in [2.75, 3.05) is 13.2 Å². The summed E-state index contributed by atoms with van der Waals surface area (Å²) in [5.74, 6) is -0.887. The number of unbranched alkanes of at least 4 members (excludes halogenated alkanes) is 36. The van der Waals surface area contributed by atoms with Gasteiger partial charge in [0, 0.05) is 19.3 Å². The van der Waals surface area contributed by atoms with Crippen molar-refractivity contribution in [3.05, 3.63) is 36.5 Å². The van der Waals surface area contributed by atoms with Gasteiger partial charge in [-0.1, -0.05) is 256 Å². The SMILES string of the molecule is CCC/C=C\C/C=C\CCCCCCCC(=O)OC(COC(=O)CCCCCCCC)COC(=O)CCCCCCCCCCCCCCCCCCC/C=C\CCCCCCCCCC. The zero-order valence-corrected chi connectivity index (χ0v) is 44.2. The van der Waals surface area contributed by atoms with Crippen LogP contribution >= 0.6 is 0 Å². The molecule has 0 N–H and O–H groups in total. The molecule has 0 radical (unpaired) electrons. The van der Waals surface area contributed by atoms with Gasteiger partial charge in [0.15, 0.2) is 6.10 Å². The van der Waals surface area contributed by atoms with Crippen LogP contribution in [0, 0.1) is 0 Å². The van der Waals surface area contributed by atoms with Crippen molar-refractivity contribution in [2.45, 2.75) is 316 Å². The summed E-state index contributed by atoms with van der Waals surface area (Å²) in [6.07, 6.45) is 66.2. The van der Waals surface area contributed by atoms with Gasteiger partial charge in [0.05, 0.1) is 0 Å². The summed E-state index contributed by atoms with van der Waals surface area (Å²) in [4.78, 5) is 37.8. The molecule has 66 heavy (non-hydrogen) atoms. The monoisotopic (exact) mass is 927 g/mol. The van der Waals surface area contributed by atoms with Crippen LogP contribution in [0.15, 0.2) is 36.5 Å². The van der Waals surface area contributed by atoms with E-state index >= 15 is 0 Å². The highest BCUT2D eigenvalue weighted by Crippen LogP contribution is 2.17. The minimum atomic E-state index is -0.773. The molecule has 0 rings (SSSR count). The Morgan fingerprint density at radius 2 is 0.576 bits per heavy atom. The van der Waals surface area contributed by atoms with E-state index in [9.17, 15) is 14.4 Å². The maximum Gasteiger partial charge on any atom is 0.306 e. The first kappa shape index (κ1) is 63.6. The molecule has 0 aromatic heterocycles. The highest BCUT2D eigenvalue weighted by atomic mass is 16.6. The fourth-order valence-corrected chi connectivity index (χ4v) is 8.48. The minimum Gasteiger partial charge on any atom is -0.462 e. The van der Waals surface area contributed by atoms with Crippen LogP contribution in [-0.4, -0.2) is 37.2 Å². The molecule has 0 heterocycles. The van der Waals surface area contributed by atoms with E-state index in [0.29, 0.717) is 19.3 Å². The van der Waals surface area contributed by atoms with Crippen LogP contribution in [0.4, 0.5) is 0 Å². The lowest BCUT2D eigenvalue weighted by molar-refractivity contribution is -0.167. The molecular formula is C60H110O6. The number of rotatable bonds is 53. The third-order valence-corrected chi connectivity index (χ3v) is 12.8. The molecule has 0 bridgehead atoms. The number of hydrogen-bond acceptors (Lipinski definition) is 6. The van der Waals surface area contributed by atoms with Crippen LogP contribution in [0.3, 0.4) is 0 Å². The Bertz CT molecular complexity index is 1110. The normalized spacial score (nSPS) is 12.2. The molecule has 0 aliphatic carbocycles. The van der Waals surface area contributed by atoms with E-state index in [1.165, 1.54) is 180 Å². The molecule has 6 heteroatoms. The van der Waals surface area contributed by atoms with E-state index in [0.717, 1.165) is 89.9 Å². The van der Waals surface area contributed by atoms with Gasteiger partial charge in [0.25, 0.3) is 0 Å². The first-order valence-corrected chi connectivity index (χ1v) is 29.0. The molecule has 0 amide bonds. The topological polar surface area (TPSA) is 78.9 Å². The number of ether oxygens (including phenoxy) is 3. The third kappa shape index (κ3) is 52.6. The maximum atomic E-state index is 12.7. The molecule has 6 nitrogen and oxygen atoms in total. The number of carbonyl (C=O) groups is 3. The Morgan fingerprint density at radius 3 is 0.909 bits per heavy atom. The Balaban J connectivity index is 3.97. The highest BCUT2D eigenvalue weighted by Gasteiger charge is 2.19. The predicted octanol–water partition coefficient (Wildman–Crippen LogP) is 19.3. The highest BCUT2D eigenvalue weighted by molar-refractivity contribution is 5.71. The van der Waals surface area contributed by atoms with Crippen LogP contribution in [-0.2, 0) is 28.6 Å². The summed E-state index contributed by atoms with van der Waals surface area (Å²) in [5, 5.41) is 0. The van der Waals surface area contributed by atoms with Gasteiger partial charge >= 0.3 is 17.9 Å². The average molecular weight is 928 g/mol. The fraction of sp³-hybridized carbons (Fsp3) is 0.850. The first-order chi connectivity index (χ1) is 32.5. The summed E-state index contributed by atoms with van der Waals surface area (Å²) in [6, 6.07) is 0. The van der Waals surface area contributed by atoms with Crippen LogP contribution in [0.25, 0.3) is 0 Å². The number of allylic oxidation sites excluding steroid dienone is 6. The molecule has 1 unspecified atom stereocenters. The lowest BCUT2D eigenvalue weighted by atomic mass is 10.0. The van der Waals surface area contributed by atoms with Crippen LogP contribution in [0.1, 0.15) is 310 Å².